The van der Waals surface area contributed by atoms with Crippen LogP contribution in [0.25, 0.3) is 71.6 Å². The van der Waals surface area contributed by atoms with E-state index in [9.17, 15) is 0 Å². The fourth-order valence-electron chi connectivity index (χ4n) is 13.5. The monoisotopic (exact) mass is 848 g/mol. The van der Waals surface area contributed by atoms with Crippen LogP contribution >= 0.6 is 0 Å². The van der Waals surface area contributed by atoms with E-state index >= 15 is 0 Å². The molecule has 0 spiro atoms. The number of para-hydroxylation sites is 2. The predicted octanol–water partition coefficient (Wildman–Crippen LogP) is 17.0. The van der Waals surface area contributed by atoms with Gasteiger partial charge in [-0.3, -0.25) is 0 Å². The maximum Gasteiger partial charge on any atom is 0.0582 e. The summed E-state index contributed by atoms with van der Waals surface area (Å²) >= 11 is 0. The first-order valence-electron chi connectivity index (χ1n) is 23.9. The zero-order valence-electron chi connectivity index (χ0n) is 39.1. The molecule has 3 heterocycles. The molecule has 0 unspecified atom stereocenters. The fraction of sp³-hybridized carbons (Fsp3) is 0.188. The summed E-state index contributed by atoms with van der Waals surface area (Å²) in [6.45, 7) is 19.3. The summed E-state index contributed by atoms with van der Waals surface area (Å²) in [5.74, 6) is 0. The van der Waals surface area contributed by atoms with Crippen LogP contribution in [0.1, 0.15) is 99.9 Å². The van der Waals surface area contributed by atoms with E-state index in [1.54, 1.807) is 0 Å². The molecule has 0 amide bonds. The third-order valence-corrected chi connectivity index (χ3v) is 16.9. The zero-order valence-corrected chi connectivity index (χ0v) is 39.1. The van der Waals surface area contributed by atoms with Gasteiger partial charge in [0.15, 0.2) is 0 Å². The third kappa shape index (κ3) is 4.57. The molecule has 0 saturated heterocycles. The van der Waals surface area contributed by atoms with Gasteiger partial charge in [0, 0.05) is 49.2 Å². The Labute approximate surface area is 387 Å². The Balaban J connectivity index is 1.01. The molecule has 0 radical (unpaired) electrons. The van der Waals surface area contributed by atoms with Crippen molar-refractivity contribution in [2.75, 3.05) is 4.90 Å². The Morgan fingerprint density at radius 2 is 0.773 bits per heavy atom. The van der Waals surface area contributed by atoms with Crippen LogP contribution in [0.4, 0.5) is 17.1 Å². The molecule has 318 valence electrons. The van der Waals surface area contributed by atoms with Crippen molar-refractivity contribution in [2.45, 2.75) is 77.0 Å². The quantitative estimate of drug-likeness (QED) is 0.171. The average molecular weight is 849 g/mol. The third-order valence-electron chi connectivity index (χ3n) is 16.9. The summed E-state index contributed by atoms with van der Waals surface area (Å²) in [7, 11) is 0. The first-order chi connectivity index (χ1) is 31.8. The lowest BCUT2D eigenvalue weighted by molar-refractivity contribution is 0.594. The van der Waals surface area contributed by atoms with Crippen molar-refractivity contribution in [3.8, 4) is 39.1 Å². The van der Waals surface area contributed by atoms with E-state index in [2.05, 4.69) is 235 Å². The number of aromatic nitrogens is 1. The number of anilines is 3. The molecule has 2 aliphatic carbocycles. The molecule has 1 aromatic heterocycles. The zero-order chi connectivity index (χ0) is 44.8. The normalized spacial score (nSPS) is 16.7. The van der Waals surface area contributed by atoms with E-state index in [4.69, 9.17) is 0 Å². The molecule has 10 aromatic rings. The van der Waals surface area contributed by atoms with Crippen molar-refractivity contribution in [1.82, 2.24) is 4.57 Å². The molecular formula is C64H52N2. The Kier molecular flexibility index (Phi) is 7.16. The van der Waals surface area contributed by atoms with Crippen molar-refractivity contribution in [3.05, 3.63) is 214 Å². The lowest BCUT2D eigenvalue weighted by atomic mass is 9.68. The molecule has 14 rings (SSSR count). The molecule has 0 atom stereocenters. The largest absolute Gasteiger partial charge is 0.310 e. The SMILES string of the molecule is CC1(C)c2ccccc2-c2ccc(N(c3ccc4c(c3)C(C)(C)c3ccccc3-4)c3ccc(-c4cc5c6c(c4)c4cccc7c4n6-c4c(cccc4C5(C)C)C7(C)C)c4ccccc34)cc21. The molecule has 2 nitrogen and oxygen atoms in total. The topological polar surface area (TPSA) is 8.17 Å². The highest BCUT2D eigenvalue weighted by atomic mass is 15.1. The Morgan fingerprint density at radius 3 is 1.41 bits per heavy atom. The molecule has 0 fully saturated rings. The van der Waals surface area contributed by atoms with E-state index in [1.165, 1.54) is 133 Å². The average Bonchev–Trinajstić information content (AvgIpc) is 3.87. The van der Waals surface area contributed by atoms with Crippen LogP contribution in [0.3, 0.4) is 0 Å². The van der Waals surface area contributed by atoms with Gasteiger partial charge in [-0.25, -0.2) is 0 Å². The molecule has 2 heteroatoms. The molecule has 0 N–H and O–H groups in total. The maximum atomic E-state index is 2.63. The fourth-order valence-corrected chi connectivity index (χ4v) is 13.5. The van der Waals surface area contributed by atoms with Gasteiger partial charge in [0.05, 0.1) is 22.4 Å². The number of nitrogens with zero attached hydrogens (tertiary/aromatic N) is 2. The summed E-state index contributed by atoms with van der Waals surface area (Å²) < 4.78 is 2.63. The van der Waals surface area contributed by atoms with Crippen LogP contribution in [0.2, 0.25) is 0 Å². The maximum absolute atomic E-state index is 2.63. The predicted molar refractivity (Wildman–Crippen MR) is 278 cm³/mol. The molecule has 2 aliphatic heterocycles. The lowest BCUT2D eigenvalue weighted by Crippen LogP contribution is -2.33. The van der Waals surface area contributed by atoms with Gasteiger partial charge in [0.2, 0.25) is 0 Å². The Morgan fingerprint density at radius 1 is 0.318 bits per heavy atom. The Hall–Kier alpha value is -7.16. The molecule has 4 aliphatic rings. The van der Waals surface area contributed by atoms with Crippen LogP contribution in [-0.2, 0) is 21.7 Å². The summed E-state index contributed by atoms with van der Waals surface area (Å²) in [6.07, 6.45) is 0. The van der Waals surface area contributed by atoms with Gasteiger partial charge in [-0.05, 0) is 126 Å². The van der Waals surface area contributed by atoms with Gasteiger partial charge in [-0.2, -0.15) is 0 Å². The minimum atomic E-state index is -0.202. The molecule has 9 aromatic carbocycles. The van der Waals surface area contributed by atoms with Crippen LogP contribution < -0.4 is 4.90 Å². The smallest absolute Gasteiger partial charge is 0.0582 e. The van der Waals surface area contributed by atoms with Gasteiger partial charge in [0.25, 0.3) is 0 Å². The minimum absolute atomic E-state index is 0.110. The number of hydrogen-bond donors (Lipinski definition) is 0. The van der Waals surface area contributed by atoms with Crippen LogP contribution in [0.15, 0.2) is 170 Å². The van der Waals surface area contributed by atoms with Gasteiger partial charge in [0.1, 0.15) is 0 Å². The van der Waals surface area contributed by atoms with Gasteiger partial charge in [-0.15, -0.1) is 0 Å². The van der Waals surface area contributed by atoms with Crippen molar-refractivity contribution in [1.29, 1.82) is 0 Å². The van der Waals surface area contributed by atoms with Crippen molar-refractivity contribution in [2.24, 2.45) is 0 Å². The van der Waals surface area contributed by atoms with Crippen LogP contribution in [0.5, 0.6) is 0 Å². The van der Waals surface area contributed by atoms with Gasteiger partial charge < -0.3 is 9.47 Å². The van der Waals surface area contributed by atoms with Crippen molar-refractivity contribution >= 4 is 49.6 Å². The number of fused-ring (bicyclic) bond motifs is 8. The van der Waals surface area contributed by atoms with E-state index in [1.807, 2.05) is 0 Å². The van der Waals surface area contributed by atoms with Crippen molar-refractivity contribution < 1.29 is 0 Å². The summed E-state index contributed by atoms with van der Waals surface area (Å²) in [4.78, 5) is 2.54. The summed E-state index contributed by atoms with van der Waals surface area (Å²) in [5.41, 5.74) is 26.1. The second-order valence-corrected chi connectivity index (χ2v) is 21.7. The first kappa shape index (κ1) is 38.1. The molecule has 0 bridgehead atoms. The number of rotatable bonds is 4. The summed E-state index contributed by atoms with van der Waals surface area (Å²) in [5, 5.41) is 5.16. The lowest BCUT2D eigenvalue weighted by Gasteiger charge is -2.42. The highest BCUT2D eigenvalue weighted by Crippen LogP contribution is 2.58. The van der Waals surface area contributed by atoms with Crippen molar-refractivity contribution in [3.63, 3.8) is 0 Å². The van der Waals surface area contributed by atoms with Gasteiger partial charge in [-0.1, -0.05) is 183 Å². The van der Waals surface area contributed by atoms with E-state index in [-0.39, 0.29) is 21.7 Å². The summed E-state index contributed by atoms with van der Waals surface area (Å²) in [6, 6.07) is 65.4. The highest BCUT2D eigenvalue weighted by Gasteiger charge is 2.44. The molecule has 0 saturated carbocycles. The van der Waals surface area contributed by atoms with E-state index in [0.717, 1.165) is 0 Å². The minimum Gasteiger partial charge on any atom is -0.310 e. The first-order valence-corrected chi connectivity index (χ1v) is 23.9. The number of benzene rings is 9. The number of hydrogen-bond acceptors (Lipinski definition) is 1. The van der Waals surface area contributed by atoms with Crippen LogP contribution in [0, 0.1) is 0 Å². The molecule has 66 heavy (non-hydrogen) atoms. The van der Waals surface area contributed by atoms with E-state index in [0.29, 0.717) is 0 Å². The standard InChI is InChI=1S/C64H52N2/c1-61(2)49-22-13-11-18-42(49)44-29-27-38(35-54(44)61)65(39-28-30-45-43-19-12-14-23-50(43)62(3,4)55(45)36-39)57-32-31-40(41-17-9-10-20-46(41)57)37-33-48-47-21-15-24-51-58(47)66-59(48)56(34-37)64(7,8)53-26-16-25-52(60(53)66)63(51,5)6/h9-36H,1-8H3. The highest BCUT2D eigenvalue weighted by molar-refractivity contribution is 6.16. The van der Waals surface area contributed by atoms with Crippen LogP contribution in [-0.4, -0.2) is 4.57 Å². The second-order valence-electron chi connectivity index (χ2n) is 21.7. The van der Waals surface area contributed by atoms with Gasteiger partial charge >= 0.3 is 0 Å². The Bertz CT molecular complexity index is 3720. The second kappa shape index (κ2) is 12.4. The molecular weight excluding hydrogens is 797 g/mol. The van der Waals surface area contributed by atoms with E-state index < -0.39 is 0 Å².